The monoisotopic (exact) mass is 217 g/mol. The van der Waals surface area contributed by atoms with Gasteiger partial charge in [0.2, 0.25) is 0 Å². The quantitative estimate of drug-likeness (QED) is 0.764. The Hall–Kier alpha value is -2.24. The summed E-state index contributed by atoms with van der Waals surface area (Å²) >= 11 is 0. The van der Waals surface area contributed by atoms with Crippen LogP contribution in [0, 0.1) is 0 Å². The van der Waals surface area contributed by atoms with Gasteiger partial charge in [-0.2, -0.15) is 0 Å². The van der Waals surface area contributed by atoms with E-state index in [9.17, 15) is 4.79 Å². The molecule has 1 heterocycles. The summed E-state index contributed by atoms with van der Waals surface area (Å²) in [5, 5.41) is 16.0. The van der Waals surface area contributed by atoms with Crippen LogP contribution in [0.15, 0.2) is 30.3 Å². The third-order valence-corrected chi connectivity index (χ3v) is 2.07. The largest absolute Gasteiger partial charge is 0.352 e. The molecule has 0 aliphatic carbocycles. The van der Waals surface area contributed by atoms with Crippen molar-refractivity contribution in [1.82, 2.24) is 25.9 Å². The van der Waals surface area contributed by atoms with Crippen molar-refractivity contribution in [2.24, 2.45) is 0 Å². The second kappa shape index (κ2) is 5.01. The molecule has 1 aromatic heterocycles. The summed E-state index contributed by atoms with van der Waals surface area (Å²) < 4.78 is 0. The molecule has 2 rings (SSSR count). The normalized spacial score (nSPS) is 10.0. The highest BCUT2D eigenvalue weighted by atomic mass is 16.1. The molecular formula is C10H11N5O. The summed E-state index contributed by atoms with van der Waals surface area (Å²) in [6.45, 7) is 0.505. The molecule has 0 aliphatic heterocycles. The van der Waals surface area contributed by atoms with Crippen LogP contribution in [0.25, 0.3) is 0 Å². The number of carbonyl (C=O) groups is 1. The van der Waals surface area contributed by atoms with Gasteiger partial charge in [0.1, 0.15) is 5.82 Å². The van der Waals surface area contributed by atoms with Crippen LogP contribution in [0.1, 0.15) is 16.2 Å². The van der Waals surface area contributed by atoms with Crippen LogP contribution >= 0.6 is 0 Å². The molecule has 0 spiro atoms. The Morgan fingerprint density at radius 2 is 2.12 bits per heavy atom. The van der Waals surface area contributed by atoms with Gasteiger partial charge < -0.3 is 5.32 Å². The molecule has 6 nitrogen and oxygen atoms in total. The van der Waals surface area contributed by atoms with E-state index >= 15 is 0 Å². The van der Waals surface area contributed by atoms with Crippen molar-refractivity contribution in [3.05, 3.63) is 41.7 Å². The van der Waals surface area contributed by atoms with Crippen LogP contribution in [0.4, 0.5) is 0 Å². The van der Waals surface area contributed by atoms with E-state index in [1.54, 1.807) is 12.1 Å². The predicted molar refractivity (Wildman–Crippen MR) is 56.7 cm³/mol. The van der Waals surface area contributed by atoms with Crippen molar-refractivity contribution in [1.29, 1.82) is 0 Å². The van der Waals surface area contributed by atoms with E-state index in [0.717, 1.165) is 0 Å². The van der Waals surface area contributed by atoms with Gasteiger partial charge in [-0.25, -0.2) is 5.10 Å². The standard InChI is InChI=1S/C10H11N5O/c16-10(8-4-2-1-3-5-8)11-7-6-9-12-14-15-13-9/h1-5H,6-7H2,(H,11,16)(H,12,13,14,15). The summed E-state index contributed by atoms with van der Waals surface area (Å²) in [7, 11) is 0. The van der Waals surface area contributed by atoms with Gasteiger partial charge in [-0.15, -0.1) is 5.10 Å². The molecule has 82 valence electrons. The Balaban J connectivity index is 1.81. The number of nitrogens with zero attached hydrogens (tertiary/aromatic N) is 3. The van der Waals surface area contributed by atoms with Gasteiger partial charge in [-0.05, 0) is 22.6 Å². The molecule has 2 aromatic rings. The maximum atomic E-state index is 11.6. The highest BCUT2D eigenvalue weighted by Gasteiger charge is 2.03. The van der Waals surface area contributed by atoms with Gasteiger partial charge in [0.05, 0.1) is 0 Å². The van der Waals surface area contributed by atoms with Gasteiger partial charge in [0, 0.05) is 18.5 Å². The van der Waals surface area contributed by atoms with E-state index in [-0.39, 0.29) is 5.91 Å². The van der Waals surface area contributed by atoms with Gasteiger partial charge >= 0.3 is 0 Å². The number of amides is 1. The molecule has 0 radical (unpaired) electrons. The van der Waals surface area contributed by atoms with Crippen LogP contribution in [0.5, 0.6) is 0 Å². The summed E-state index contributed by atoms with van der Waals surface area (Å²) in [6, 6.07) is 9.07. The van der Waals surface area contributed by atoms with Crippen molar-refractivity contribution in [2.45, 2.75) is 6.42 Å². The number of H-pyrrole nitrogens is 1. The second-order valence-corrected chi connectivity index (χ2v) is 3.22. The minimum atomic E-state index is -0.0897. The predicted octanol–water partition coefficient (Wildman–Crippen LogP) is 0.172. The Morgan fingerprint density at radius 3 is 2.81 bits per heavy atom. The molecule has 6 heteroatoms. The molecule has 0 unspecified atom stereocenters. The summed E-state index contributed by atoms with van der Waals surface area (Å²) in [5.74, 6) is 0.571. The van der Waals surface area contributed by atoms with Crippen LogP contribution in [-0.2, 0) is 6.42 Å². The van der Waals surface area contributed by atoms with Gasteiger partial charge in [0.15, 0.2) is 0 Å². The smallest absolute Gasteiger partial charge is 0.251 e. The van der Waals surface area contributed by atoms with Crippen molar-refractivity contribution in [3.63, 3.8) is 0 Å². The molecule has 1 amide bonds. The van der Waals surface area contributed by atoms with Crippen molar-refractivity contribution >= 4 is 5.91 Å². The fraction of sp³-hybridized carbons (Fsp3) is 0.200. The van der Waals surface area contributed by atoms with Gasteiger partial charge in [-0.3, -0.25) is 4.79 Å². The molecule has 1 aromatic carbocycles. The topological polar surface area (TPSA) is 83.6 Å². The third kappa shape index (κ3) is 2.63. The van der Waals surface area contributed by atoms with Gasteiger partial charge in [-0.1, -0.05) is 18.2 Å². The van der Waals surface area contributed by atoms with E-state index in [0.29, 0.717) is 24.4 Å². The fourth-order valence-corrected chi connectivity index (χ4v) is 1.27. The van der Waals surface area contributed by atoms with Crippen LogP contribution < -0.4 is 5.32 Å². The first-order valence-corrected chi connectivity index (χ1v) is 4.92. The first kappa shape index (κ1) is 10.3. The van der Waals surface area contributed by atoms with Crippen LogP contribution in [0.2, 0.25) is 0 Å². The highest BCUT2D eigenvalue weighted by Crippen LogP contribution is 1.97. The Bertz CT molecular complexity index is 439. The lowest BCUT2D eigenvalue weighted by molar-refractivity contribution is 0.0954. The molecule has 0 saturated heterocycles. The number of hydrogen-bond donors (Lipinski definition) is 2. The number of benzene rings is 1. The van der Waals surface area contributed by atoms with Crippen LogP contribution in [-0.4, -0.2) is 33.1 Å². The maximum Gasteiger partial charge on any atom is 0.251 e. The van der Waals surface area contributed by atoms with Crippen molar-refractivity contribution in [3.8, 4) is 0 Å². The molecule has 0 aliphatic rings. The number of tetrazole rings is 1. The van der Waals surface area contributed by atoms with Gasteiger partial charge in [0.25, 0.3) is 5.91 Å². The van der Waals surface area contributed by atoms with E-state index in [1.807, 2.05) is 18.2 Å². The summed E-state index contributed by atoms with van der Waals surface area (Å²) in [5.41, 5.74) is 0.651. The molecular weight excluding hydrogens is 206 g/mol. The third-order valence-electron chi connectivity index (χ3n) is 2.07. The number of hydrogen-bond acceptors (Lipinski definition) is 4. The van der Waals surface area contributed by atoms with E-state index < -0.39 is 0 Å². The van der Waals surface area contributed by atoms with E-state index in [4.69, 9.17) is 0 Å². The number of aromatic nitrogens is 4. The van der Waals surface area contributed by atoms with Crippen molar-refractivity contribution < 1.29 is 4.79 Å². The molecule has 0 saturated carbocycles. The van der Waals surface area contributed by atoms with E-state index in [2.05, 4.69) is 25.9 Å². The average molecular weight is 217 g/mol. The lowest BCUT2D eigenvalue weighted by atomic mass is 10.2. The van der Waals surface area contributed by atoms with Crippen molar-refractivity contribution in [2.75, 3.05) is 6.54 Å². The lowest BCUT2D eigenvalue weighted by Gasteiger charge is -2.02. The zero-order valence-electron chi connectivity index (χ0n) is 8.55. The lowest BCUT2D eigenvalue weighted by Crippen LogP contribution is -2.25. The Labute approximate surface area is 92.1 Å². The summed E-state index contributed by atoms with van der Waals surface area (Å²) in [6.07, 6.45) is 0.589. The number of rotatable bonds is 4. The Morgan fingerprint density at radius 1 is 1.31 bits per heavy atom. The number of aromatic amines is 1. The van der Waals surface area contributed by atoms with Crippen LogP contribution in [0.3, 0.4) is 0 Å². The number of carbonyl (C=O) groups excluding carboxylic acids is 1. The summed E-state index contributed by atoms with van der Waals surface area (Å²) in [4.78, 5) is 11.6. The fourth-order valence-electron chi connectivity index (χ4n) is 1.27. The molecule has 0 atom stereocenters. The zero-order chi connectivity index (χ0) is 11.2. The maximum absolute atomic E-state index is 11.6. The molecule has 0 fully saturated rings. The first-order chi connectivity index (χ1) is 7.86. The second-order valence-electron chi connectivity index (χ2n) is 3.22. The van der Waals surface area contributed by atoms with E-state index in [1.165, 1.54) is 0 Å². The number of nitrogens with one attached hydrogen (secondary N) is 2. The molecule has 16 heavy (non-hydrogen) atoms. The minimum Gasteiger partial charge on any atom is -0.352 e. The first-order valence-electron chi connectivity index (χ1n) is 4.92. The molecule has 2 N–H and O–H groups in total. The zero-order valence-corrected chi connectivity index (χ0v) is 8.55. The average Bonchev–Trinajstić information content (AvgIpc) is 2.83. The Kier molecular flexibility index (Phi) is 3.22. The molecule has 0 bridgehead atoms. The minimum absolute atomic E-state index is 0.0897. The SMILES string of the molecule is O=C(NCCc1nnn[nH]1)c1ccccc1. The highest BCUT2D eigenvalue weighted by molar-refractivity contribution is 5.94.